The van der Waals surface area contributed by atoms with Crippen LogP contribution < -0.4 is 10.6 Å². The van der Waals surface area contributed by atoms with Crippen molar-refractivity contribution in [3.05, 3.63) is 23.6 Å². The molecule has 0 unspecified atom stereocenters. The van der Waals surface area contributed by atoms with Crippen LogP contribution in [-0.2, 0) is 6.42 Å². The molecule has 0 aliphatic carbocycles. The van der Waals surface area contributed by atoms with Crippen molar-refractivity contribution in [1.29, 1.82) is 0 Å². The first-order valence-electron chi connectivity index (χ1n) is 4.51. The van der Waals surface area contributed by atoms with E-state index in [2.05, 4.69) is 15.6 Å². The monoisotopic (exact) mass is 241 g/mol. The molecule has 84 valence electrons. The van der Waals surface area contributed by atoms with E-state index >= 15 is 0 Å². The van der Waals surface area contributed by atoms with E-state index in [1.54, 1.807) is 0 Å². The van der Waals surface area contributed by atoms with Crippen LogP contribution in [0.3, 0.4) is 0 Å². The highest BCUT2D eigenvalue weighted by molar-refractivity contribution is 7.80. The van der Waals surface area contributed by atoms with Crippen molar-refractivity contribution < 1.29 is 14.3 Å². The summed E-state index contributed by atoms with van der Waals surface area (Å²) in [5, 5.41) is 13.6. The van der Waals surface area contributed by atoms with Gasteiger partial charge in [-0.1, -0.05) is 12.2 Å². The predicted octanol–water partition coefficient (Wildman–Crippen LogP) is 1.15. The third-order valence-corrected chi connectivity index (χ3v) is 2.60. The van der Waals surface area contributed by atoms with Gasteiger partial charge in [0, 0.05) is 12.0 Å². The molecular weight excluding hydrogens is 233 g/mol. The van der Waals surface area contributed by atoms with Gasteiger partial charge in [0.15, 0.2) is 0 Å². The fourth-order valence-electron chi connectivity index (χ4n) is 1.53. The third-order valence-electron chi connectivity index (χ3n) is 2.21. The van der Waals surface area contributed by atoms with Crippen LogP contribution in [-0.4, -0.2) is 27.2 Å². The normalized spacial score (nSPS) is 18.6. The molecule has 16 heavy (non-hydrogen) atoms. The lowest BCUT2D eigenvalue weighted by atomic mass is 10.0. The summed E-state index contributed by atoms with van der Waals surface area (Å²) >= 11 is 4.98. The molecule has 1 aromatic rings. The number of hydrogen-bond acceptors (Lipinski definition) is 3. The topological polar surface area (TPSA) is 74.2 Å². The number of carboxylic acid groups (broad SMARTS) is 1. The highest BCUT2D eigenvalue weighted by Gasteiger charge is 2.25. The maximum absolute atomic E-state index is 12.9. The van der Waals surface area contributed by atoms with Crippen molar-refractivity contribution in [2.75, 3.05) is 5.32 Å². The quantitative estimate of drug-likeness (QED) is 0.643. The highest BCUT2D eigenvalue weighted by Crippen LogP contribution is 2.21. The van der Waals surface area contributed by atoms with Crippen LogP contribution in [0.15, 0.2) is 12.3 Å². The Morgan fingerprint density at radius 1 is 1.75 bits per heavy atom. The molecule has 1 aliphatic heterocycles. The van der Waals surface area contributed by atoms with E-state index in [0.29, 0.717) is 22.8 Å². The molecule has 3 N–H and O–H groups in total. The molecule has 2 rings (SSSR count). The van der Waals surface area contributed by atoms with Gasteiger partial charge >= 0.3 is 6.09 Å². The maximum Gasteiger partial charge on any atom is 0.405 e. The first-order valence-corrected chi connectivity index (χ1v) is 4.92. The summed E-state index contributed by atoms with van der Waals surface area (Å²) in [6.45, 7) is 0. The number of nitrogens with zero attached hydrogens (tertiary/aromatic N) is 1. The Morgan fingerprint density at radius 2 is 2.50 bits per heavy atom. The molecule has 1 aliphatic rings. The minimum Gasteiger partial charge on any atom is -0.465 e. The Kier molecular flexibility index (Phi) is 2.69. The first kappa shape index (κ1) is 10.7. The van der Waals surface area contributed by atoms with E-state index in [1.165, 1.54) is 6.07 Å². The lowest BCUT2D eigenvalue weighted by molar-refractivity contribution is 0.192. The molecule has 0 saturated heterocycles. The van der Waals surface area contributed by atoms with Crippen molar-refractivity contribution in [1.82, 2.24) is 10.3 Å². The van der Waals surface area contributed by atoms with Crippen molar-refractivity contribution in [2.45, 2.75) is 12.5 Å². The molecule has 5 nitrogen and oxygen atoms in total. The second-order valence-electron chi connectivity index (χ2n) is 3.36. The van der Waals surface area contributed by atoms with Crippen LogP contribution in [0.5, 0.6) is 0 Å². The van der Waals surface area contributed by atoms with E-state index in [4.69, 9.17) is 17.3 Å². The van der Waals surface area contributed by atoms with Gasteiger partial charge < -0.3 is 15.7 Å². The van der Waals surface area contributed by atoms with Crippen molar-refractivity contribution >= 4 is 29.1 Å². The summed E-state index contributed by atoms with van der Waals surface area (Å²) in [4.78, 5) is 14.7. The van der Waals surface area contributed by atoms with Gasteiger partial charge in [0.2, 0.25) is 0 Å². The zero-order valence-corrected chi connectivity index (χ0v) is 8.84. The summed E-state index contributed by atoms with van der Waals surface area (Å²) in [7, 11) is 0. The zero-order chi connectivity index (χ0) is 11.7. The second kappa shape index (κ2) is 4.01. The molecule has 0 bridgehead atoms. The average Bonchev–Trinajstić information content (AvgIpc) is 2.19. The maximum atomic E-state index is 12.9. The summed E-state index contributed by atoms with van der Waals surface area (Å²) in [6, 6.07) is 0.775. The van der Waals surface area contributed by atoms with Gasteiger partial charge in [-0.25, -0.2) is 14.2 Å². The molecule has 0 fully saturated rings. The molecule has 1 aromatic heterocycles. The smallest absolute Gasteiger partial charge is 0.405 e. The van der Waals surface area contributed by atoms with Crippen LogP contribution in [0.1, 0.15) is 5.56 Å². The molecule has 0 spiro atoms. The van der Waals surface area contributed by atoms with Crippen molar-refractivity contribution in [3.63, 3.8) is 0 Å². The Bertz CT molecular complexity index is 466. The Labute approximate surface area is 95.7 Å². The standard InChI is InChI=1S/C9H8FN3O2S/c10-5-1-4-2-6(12-9(14)15)8(16)13-7(4)11-3-5/h1,3,6,12H,2H2,(H,14,15)(H,11,13,16)/t6-/m0/s1. The lowest BCUT2D eigenvalue weighted by Crippen LogP contribution is -2.46. The zero-order valence-electron chi connectivity index (χ0n) is 8.03. The molecule has 0 aromatic carbocycles. The number of fused-ring (bicyclic) bond motifs is 1. The number of carbonyl (C=O) groups is 1. The largest absolute Gasteiger partial charge is 0.465 e. The Morgan fingerprint density at radius 3 is 3.19 bits per heavy atom. The fraction of sp³-hybridized carbons (Fsp3) is 0.222. The number of amides is 1. The van der Waals surface area contributed by atoms with Gasteiger partial charge in [-0.05, 0) is 6.07 Å². The number of rotatable bonds is 1. The summed E-state index contributed by atoms with van der Waals surface area (Å²) in [6.07, 6.45) is 0.222. The molecule has 0 radical (unpaired) electrons. The van der Waals surface area contributed by atoms with Crippen molar-refractivity contribution in [3.8, 4) is 0 Å². The summed E-state index contributed by atoms with van der Waals surface area (Å²) in [5.41, 5.74) is 0.604. The number of pyridine rings is 1. The van der Waals surface area contributed by atoms with Crippen molar-refractivity contribution in [2.24, 2.45) is 0 Å². The third kappa shape index (κ3) is 2.08. The average molecular weight is 241 g/mol. The lowest BCUT2D eigenvalue weighted by Gasteiger charge is -2.25. The molecule has 1 atom stereocenters. The molecule has 7 heteroatoms. The van der Waals surface area contributed by atoms with E-state index < -0.39 is 18.0 Å². The molecular formula is C9H8FN3O2S. The number of halogens is 1. The minimum atomic E-state index is -1.16. The molecule has 2 heterocycles. The number of hydrogen-bond donors (Lipinski definition) is 3. The number of thiocarbonyl (C=S) groups is 1. The van der Waals surface area contributed by atoms with Crippen LogP contribution in [0, 0.1) is 5.82 Å². The van der Waals surface area contributed by atoms with Crippen LogP contribution in [0.2, 0.25) is 0 Å². The fourth-order valence-corrected chi connectivity index (χ4v) is 1.77. The number of nitrogens with one attached hydrogen (secondary N) is 2. The van der Waals surface area contributed by atoms with E-state index in [-0.39, 0.29) is 0 Å². The van der Waals surface area contributed by atoms with Gasteiger partial charge in [-0.3, -0.25) is 0 Å². The van der Waals surface area contributed by atoms with E-state index in [9.17, 15) is 9.18 Å². The van der Waals surface area contributed by atoms with Gasteiger partial charge in [-0.15, -0.1) is 0 Å². The minimum absolute atomic E-state index is 0.304. The van der Waals surface area contributed by atoms with E-state index in [1.807, 2.05) is 0 Å². The van der Waals surface area contributed by atoms with Gasteiger partial charge in [-0.2, -0.15) is 0 Å². The van der Waals surface area contributed by atoms with Crippen LogP contribution in [0.25, 0.3) is 0 Å². The number of aromatic nitrogens is 1. The molecule has 1 amide bonds. The van der Waals surface area contributed by atoms with Gasteiger partial charge in [0.05, 0.1) is 12.2 Å². The van der Waals surface area contributed by atoms with E-state index in [0.717, 1.165) is 6.20 Å². The Hall–Kier alpha value is -1.76. The molecule has 0 saturated carbocycles. The Balaban J connectivity index is 2.26. The van der Waals surface area contributed by atoms with Gasteiger partial charge in [0.1, 0.15) is 16.6 Å². The van der Waals surface area contributed by atoms with Gasteiger partial charge in [0.25, 0.3) is 0 Å². The predicted molar refractivity (Wildman–Crippen MR) is 59.1 cm³/mol. The number of anilines is 1. The summed E-state index contributed by atoms with van der Waals surface area (Å²) < 4.78 is 12.9. The van der Waals surface area contributed by atoms with Crippen LogP contribution >= 0.6 is 12.2 Å². The SMILES string of the molecule is O=C(O)N[C@H]1Cc2cc(F)cnc2NC1=S. The highest BCUT2D eigenvalue weighted by atomic mass is 32.1. The second-order valence-corrected chi connectivity index (χ2v) is 3.80. The summed E-state index contributed by atoms with van der Waals surface area (Å²) in [5.74, 6) is 0.0253. The first-order chi connectivity index (χ1) is 7.56. The van der Waals surface area contributed by atoms with Crippen LogP contribution in [0.4, 0.5) is 15.0 Å².